The standard InChI is InChI=1S/C10H19NO2/c1-2-3-4-5-6-7-8-9-10(12)11-13/h2-9H2,1H3. The molecule has 0 aromatic heterocycles. The van der Waals surface area contributed by atoms with Crippen molar-refractivity contribution in [2.75, 3.05) is 0 Å². The molecule has 0 radical (unpaired) electrons. The van der Waals surface area contributed by atoms with Crippen molar-refractivity contribution in [2.45, 2.75) is 58.3 Å². The first kappa shape index (κ1) is 12.3. The van der Waals surface area contributed by atoms with Crippen LogP contribution >= 0.6 is 0 Å². The van der Waals surface area contributed by atoms with Crippen LogP contribution in [0.3, 0.4) is 0 Å². The fourth-order valence-electron chi connectivity index (χ4n) is 1.28. The lowest BCUT2D eigenvalue weighted by atomic mass is 10.1. The van der Waals surface area contributed by atoms with Gasteiger partial charge in [0.25, 0.3) is 5.91 Å². The van der Waals surface area contributed by atoms with Crippen molar-refractivity contribution in [3.8, 4) is 0 Å². The number of carbonyl (C=O) groups excluding carboxylic acids is 1. The summed E-state index contributed by atoms with van der Waals surface area (Å²) in [6.07, 6.45) is 8.46. The van der Waals surface area contributed by atoms with Crippen LogP contribution in [0.4, 0.5) is 0 Å². The molecule has 0 aliphatic rings. The molecule has 0 atom stereocenters. The number of hydrogen-bond acceptors (Lipinski definition) is 2. The molecule has 0 aliphatic carbocycles. The summed E-state index contributed by atoms with van der Waals surface area (Å²) in [6, 6.07) is 0. The van der Waals surface area contributed by atoms with E-state index < -0.39 is 5.91 Å². The van der Waals surface area contributed by atoms with Crippen LogP contribution < -0.4 is 0 Å². The summed E-state index contributed by atoms with van der Waals surface area (Å²) in [6.45, 7) is 2.19. The van der Waals surface area contributed by atoms with E-state index in [2.05, 4.69) is 12.1 Å². The number of unbranched alkanes of at least 4 members (excludes halogenated alkanes) is 6. The van der Waals surface area contributed by atoms with Gasteiger partial charge in [0, 0.05) is 11.6 Å². The van der Waals surface area contributed by atoms with Gasteiger partial charge in [-0.3, -0.25) is 4.79 Å². The average molecular weight is 185 g/mol. The Kier molecular flexibility index (Phi) is 8.83. The Morgan fingerprint density at radius 3 is 2.08 bits per heavy atom. The highest BCUT2D eigenvalue weighted by Gasteiger charge is 1.99. The van der Waals surface area contributed by atoms with Crippen LogP contribution in [0.25, 0.3) is 0 Å². The zero-order chi connectivity index (χ0) is 9.94. The number of nitrogens with zero attached hydrogens (tertiary/aromatic N) is 1. The topological polar surface area (TPSA) is 46.5 Å². The predicted molar refractivity (Wildman–Crippen MR) is 53.4 cm³/mol. The molecule has 13 heavy (non-hydrogen) atoms. The molecule has 0 aromatic rings. The van der Waals surface area contributed by atoms with Gasteiger partial charge in [-0.05, 0) is 6.42 Å². The van der Waals surface area contributed by atoms with E-state index in [4.69, 9.17) is 0 Å². The van der Waals surface area contributed by atoms with Crippen molar-refractivity contribution in [3.05, 3.63) is 4.91 Å². The second-order valence-electron chi connectivity index (χ2n) is 3.36. The van der Waals surface area contributed by atoms with E-state index in [0.29, 0.717) is 6.42 Å². The van der Waals surface area contributed by atoms with Crippen LogP contribution in [-0.4, -0.2) is 5.91 Å². The molecule has 0 saturated heterocycles. The van der Waals surface area contributed by atoms with Gasteiger partial charge in [0.2, 0.25) is 0 Å². The summed E-state index contributed by atoms with van der Waals surface area (Å²) in [5.74, 6) is -0.506. The molecule has 3 nitrogen and oxygen atoms in total. The van der Waals surface area contributed by atoms with Crippen molar-refractivity contribution in [1.82, 2.24) is 0 Å². The first-order valence-corrected chi connectivity index (χ1v) is 5.17. The van der Waals surface area contributed by atoms with Crippen molar-refractivity contribution in [3.63, 3.8) is 0 Å². The largest absolute Gasteiger partial charge is 0.286 e. The van der Waals surface area contributed by atoms with Crippen molar-refractivity contribution in [1.29, 1.82) is 0 Å². The molecule has 0 spiro atoms. The molecule has 0 aromatic carbocycles. The Morgan fingerprint density at radius 1 is 1.00 bits per heavy atom. The molecule has 0 bridgehead atoms. The van der Waals surface area contributed by atoms with E-state index in [9.17, 15) is 9.70 Å². The third-order valence-corrected chi connectivity index (χ3v) is 2.10. The van der Waals surface area contributed by atoms with Gasteiger partial charge in [-0.15, -0.1) is 4.91 Å². The summed E-state index contributed by atoms with van der Waals surface area (Å²) in [5, 5.41) is 2.35. The quantitative estimate of drug-likeness (QED) is 0.429. The molecular weight excluding hydrogens is 166 g/mol. The monoisotopic (exact) mass is 185 g/mol. The van der Waals surface area contributed by atoms with Gasteiger partial charge in [0.1, 0.15) is 0 Å². The molecule has 0 saturated carbocycles. The lowest BCUT2D eigenvalue weighted by Gasteiger charge is -1.98. The number of nitroso groups, excluding NO2 is 1. The number of rotatable bonds is 8. The molecule has 0 aliphatic heterocycles. The van der Waals surface area contributed by atoms with E-state index in [1.807, 2.05) is 0 Å². The fourth-order valence-corrected chi connectivity index (χ4v) is 1.28. The Hall–Kier alpha value is -0.730. The smallest absolute Gasteiger partial charge is 0.269 e. The zero-order valence-corrected chi connectivity index (χ0v) is 8.42. The zero-order valence-electron chi connectivity index (χ0n) is 8.42. The molecule has 0 rings (SSSR count). The normalized spacial score (nSPS) is 9.92. The van der Waals surface area contributed by atoms with E-state index in [0.717, 1.165) is 12.8 Å². The van der Waals surface area contributed by atoms with Gasteiger partial charge in [-0.2, -0.15) is 0 Å². The van der Waals surface area contributed by atoms with Crippen LogP contribution in [0.2, 0.25) is 0 Å². The van der Waals surface area contributed by atoms with Crippen LogP contribution in [0.1, 0.15) is 58.3 Å². The highest BCUT2D eigenvalue weighted by molar-refractivity contribution is 5.76. The van der Waals surface area contributed by atoms with Crippen LogP contribution in [-0.2, 0) is 4.79 Å². The second-order valence-corrected chi connectivity index (χ2v) is 3.36. The third kappa shape index (κ3) is 9.18. The predicted octanol–water partition coefficient (Wildman–Crippen LogP) is 3.42. The van der Waals surface area contributed by atoms with Gasteiger partial charge in [-0.25, -0.2) is 0 Å². The minimum Gasteiger partial charge on any atom is -0.269 e. The second kappa shape index (κ2) is 9.36. The van der Waals surface area contributed by atoms with E-state index in [-0.39, 0.29) is 0 Å². The molecule has 0 fully saturated rings. The average Bonchev–Trinajstić information content (AvgIpc) is 2.16. The summed E-state index contributed by atoms with van der Waals surface area (Å²) >= 11 is 0. The number of amides is 1. The molecule has 76 valence electrons. The van der Waals surface area contributed by atoms with Crippen LogP contribution in [0.5, 0.6) is 0 Å². The van der Waals surface area contributed by atoms with Crippen LogP contribution in [0, 0.1) is 4.91 Å². The van der Waals surface area contributed by atoms with E-state index in [1.165, 1.54) is 32.1 Å². The Balaban J connectivity index is 2.99. The van der Waals surface area contributed by atoms with Gasteiger partial charge in [0.05, 0.1) is 0 Å². The van der Waals surface area contributed by atoms with E-state index >= 15 is 0 Å². The summed E-state index contributed by atoms with van der Waals surface area (Å²) < 4.78 is 0. The Bertz CT molecular complexity index is 146. The Morgan fingerprint density at radius 2 is 1.54 bits per heavy atom. The fraction of sp³-hybridized carbons (Fsp3) is 0.900. The summed E-state index contributed by atoms with van der Waals surface area (Å²) in [7, 11) is 0. The molecule has 3 heteroatoms. The summed E-state index contributed by atoms with van der Waals surface area (Å²) in [4.78, 5) is 20.2. The van der Waals surface area contributed by atoms with Gasteiger partial charge >= 0.3 is 0 Å². The number of carbonyl (C=O) groups is 1. The van der Waals surface area contributed by atoms with Crippen molar-refractivity contribution in [2.24, 2.45) is 5.18 Å². The number of hydrogen-bond donors (Lipinski definition) is 0. The maximum atomic E-state index is 10.5. The lowest BCUT2D eigenvalue weighted by Crippen LogP contribution is -1.90. The first-order valence-electron chi connectivity index (χ1n) is 5.17. The SMILES string of the molecule is CCCCCCCCCC(=O)N=O. The molecular formula is C10H19NO2. The highest BCUT2D eigenvalue weighted by Crippen LogP contribution is 2.08. The lowest BCUT2D eigenvalue weighted by molar-refractivity contribution is -0.118. The van der Waals surface area contributed by atoms with Gasteiger partial charge < -0.3 is 0 Å². The third-order valence-electron chi connectivity index (χ3n) is 2.10. The minimum absolute atomic E-state index is 0.331. The van der Waals surface area contributed by atoms with E-state index in [1.54, 1.807) is 0 Å². The molecule has 0 heterocycles. The molecule has 1 amide bonds. The highest BCUT2D eigenvalue weighted by atomic mass is 16.3. The molecule has 0 N–H and O–H groups in total. The molecule has 0 unspecified atom stereocenters. The van der Waals surface area contributed by atoms with Gasteiger partial charge in [-0.1, -0.05) is 45.4 Å². The van der Waals surface area contributed by atoms with Crippen molar-refractivity contribution >= 4 is 5.91 Å². The maximum Gasteiger partial charge on any atom is 0.286 e. The van der Waals surface area contributed by atoms with Crippen molar-refractivity contribution < 1.29 is 4.79 Å². The van der Waals surface area contributed by atoms with Crippen LogP contribution in [0.15, 0.2) is 5.18 Å². The minimum atomic E-state index is -0.506. The first-order chi connectivity index (χ1) is 6.31. The van der Waals surface area contributed by atoms with Gasteiger partial charge in [0.15, 0.2) is 0 Å². The Labute approximate surface area is 79.9 Å². The summed E-state index contributed by atoms with van der Waals surface area (Å²) in [5.41, 5.74) is 0. The maximum absolute atomic E-state index is 10.5.